The van der Waals surface area contributed by atoms with Crippen LogP contribution in [0.25, 0.3) is 0 Å². The molecule has 0 unspecified atom stereocenters. The average Bonchev–Trinajstić information content (AvgIpc) is 2.58. The first-order chi connectivity index (χ1) is 11.5. The molecule has 2 heterocycles. The number of aryl methyl sites for hydroxylation is 1. The van der Waals surface area contributed by atoms with Crippen LogP contribution in [0.4, 0.5) is 5.82 Å². The van der Waals surface area contributed by atoms with Crippen LogP contribution in [0.2, 0.25) is 0 Å². The van der Waals surface area contributed by atoms with E-state index in [1.54, 1.807) is 28.8 Å². The van der Waals surface area contributed by atoms with Crippen molar-refractivity contribution in [1.82, 2.24) is 14.3 Å². The number of nitrogen functional groups attached to an aromatic ring is 1. The highest BCUT2D eigenvalue weighted by molar-refractivity contribution is 7.89. The summed E-state index contributed by atoms with van der Waals surface area (Å²) >= 11 is 0. The molecule has 0 bridgehead atoms. The minimum absolute atomic E-state index is 0.206. The lowest BCUT2D eigenvalue weighted by Crippen LogP contribution is -2.40. The van der Waals surface area contributed by atoms with E-state index in [-0.39, 0.29) is 5.92 Å². The molecule has 1 aliphatic rings. The number of anilines is 1. The Balaban J connectivity index is 1.75. The van der Waals surface area contributed by atoms with Gasteiger partial charge in [-0.05, 0) is 44.2 Å². The molecule has 2 N–H and O–H groups in total. The smallest absolute Gasteiger partial charge is 0.243 e. The Morgan fingerprint density at radius 2 is 1.92 bits per heavy atom. The van der Waals surface area contributed by atoms with Gasteiger partial charge < -0.3 is 5.73 Å². The molecule has 0 saturated carbocycles. The molecule has 1 aromatic carbocycles. The number of hydrogen-bond donors (Lipinski definition) is 1. The molecule has 0 radical (unpaired) electrons. The molecule has 0 amide bonds. The van der Waals surface area contributed by atoms with Gasteiger partial charge in [0.15, 0.2) is 0 Å². The van der Waals surface area contributed by atoms with Crippen molar-refractivity contribution >= 4 is 15.8 Å². The lowest BCUT2D eigenvalue weighted by molar-refractivity contribution is 0.264. The molecule has 24 heavy (non-hydrogen) atoms. The van der Waals surface area contributed by atoms with E-state index in [0.717, 1.165) is 24.1 Å². The van der Waals surface area contributed by atoms with Crippen molar-refractivity contribution in [3.05, 3.63) is 47.9 Å². The second-order valence-corrected chi connectivity index (χ2v) is 8.21. The quantitative estimate of drug-likeness (QED) is 0.915. The number of rotatable bonds is 4. The number of piperidine rings is 1. The minimum atomic E-state index is -3.45. The van der Waals surface area contributed by atoms with Gasteiger partial charge in [0, 0.05) is 25.5 Å². The maximum Gasteiger partial charge on any atom is 0.243 e. The number of nitrogens with two attached hydrogens (primary N) is 1. The van der Waals surface area contributed by atoms with Crippen molar-refractivity contribution in [2.75, 3.05) is 18.8 Å². The lowest BCUT2D eigenvalue weighted by atomic mass is 9.94. The monoisotopic (exact) mass is 346 g/mol. The molecule has 2 aromatic rings. The van der Waals surface area contributed by atoms with E-state index in [2.05, 4.69) is 9.97 Å². The van der Waals surface area contributed by atoms with Gasteiger partial charge in [-0.1, -0.05) is 17.7 Å². The molecule has 128 valence electrons. The van der Waals surface area contributed by atoms with E-state index < -0.39 is 10.0 Å². The predicted octanol–water partition coefficient (Wildman–Crippen LogP) is 2.01. The van der Waals surface area contributed by atoms with Gasteiger partial charge in [0.2, 0.25) is 10.0 Å². The van der Waals surface area contributed by atoms with E-state index in [0.29, 0.717) is 30.2 Å². The van der Waals surface area contributed by atoms with E-state index in [4.69, 9.17) is 5.73 Å². The van der Waals surface area contributed by atoms with Gasteiger partial charge in [0.05, 0.1) is 10.6 Å². The van der Waals surface area contributed by atoms with Crippen molar-refractivity contribution < 1.29 is 8.42 Å². The van der Waals surface area contributed by atoms with E-state index in [1.165, 1.54) is 0 Å². The predicted molar refractivity (Wildman–Crippen MR) is 92.8 cm³/mol. The summed E-state index contributed by atoms with van der Waals surface area (Å²) in [7, 11) is -3.45. The van der Waals surface area contributed by atoms with Crippen LogP contribution >= 0.6 is 0 Å². The largest absolute Gasteiger partial charge is 0.382 e. The standard InChI is InChI=1S/C17H22N4O2S/c1-13-4-6-15(7-5-13)24(22,23)21-10-2-3-14(12-21)11-16-17(18)20-9-8-19-16/h4-9,14H,2-3,10-12H2,1H3,(H2,18,20)/t14-/m1/s1. The summed E-state index contributed by atoms with van der Waals surface area (Å²) in [5.74, 6) is 0.633. The Hall–Kier alpha value is -1.99. The summed E-state index contributed by atoms with van der Waals surface area (Å²) < 4.78 is 27.3. The van der Waals surface area contributed by atoms with E-state index in [9.17, 15) is 8.42 Å². The van der Waals surface area contributed by atoms with Crippen LogP contribution < -0.4 is 5.73 Å². The van der Waals surface area contributed by atoms with Crippen molar-refractivity contribution in [1.29, 1.82) is 0 Å². The molecule has 7 heteroatoms. The van der Waals surface area contributed by atoms with E-state index in [1.807, 2.05) is 19.1 Å². The summed E-state index contributed by atoms with van der Waals surface area (Å²) in [5, 5.41) is 0. The zero-order valence-corrected chi connectivity index (χ0v) is 14.5. The summed E-state index contributed by atoms with van der Waals surface area (Å²) in [5.41, 5.74) is 7.65. The second kappa shape index (κ2) is 6.86. The Bertz CT molecular complexity index is 806. The number of nitrogens with zero attached hydrogens (tertiary/aromatic N) is 3. The Kier molecular flexibility index (Phi) is 4.82. The number of sulfonamides is 1. The number of benzene rings is 1. The lowest BCUT2D eigenvalue weighted by Gasteiger charge is -2.32. The van der Waals surface area contributed by atoms with Gasteiger partial charge in [-0.25, -0.2) is 13.4 Å². The molecular formula is C17H22N4O2S. The fraction of sp³-hybridized carbons (Fsp3) is 0.412. The SMILES string of the molecule is Cc1ccc(S(=O)(=O)N2CCC[C@H](Cc3nccnc3N)C2)cc1. The molecule has 0 aliphatic carbocycles. The Labute approximate surface area is 142 Å². The molecule has 6 nitrogen and oxygen atoms in total. The summed E-state index contributed by atoms with van der Waals surface area (Å²) in [4.78, 5) is 8.68. The summed E-state index contributed by atoms with van der Waals surface area (Å²) in [6.45, 7) is 2.99. The maximum absolute atomic E-state index is 12.8. The summed E-state index contributed by atoms with van der Waals surface area (Å²) in [6.07, 6.45) is 5.65. The molecule has 0 spiro atoms. The van der Waals surface area contributed by atoms with Crippen molar-refractivity contribution in [3.63, 3.8) is 0 Å². The third-order valence-corrected chi connectivity index (χ3v) is 6.31. The van der Waals surface area contributed by atoms with Gasteiger partial charge in [-0.15, -0.1) is 0 Å². The molecule has 1 aliphatic heterocycles. The first-order valence-corrected chi connectivity index (χ1v) is 9.53. The highest BCUT2D eigenvalue weighted by atomic mass is 32.2. The topological polar surface area (TPSA) is 89.2 Å². The maximum atomic E-state index is 12.8. The Morgan fingerprint density at radius 1 is 1.21 bits per heavy atom. The molecule has 1 saturated heterocycles. The Morgan fingerprint density at radius 3 is 2.62 bits per heavy atom. The van der Waals surface area contributed by atoms with Crippen LogP contribution in [-0.2, 0) is 16.4 Å². The second-order valence-electron chi connectivity index (χ2n) is 6.28. The van der Waals surface area contributed by atoms with Gasteiger partial charge in [0.1, 0.15) is 5.82 Å². The summed E-state index contributed by atoms with van der Waals surface area (Å²) in [6, 6.07) is 7.01. The molecule has 1 fully saturated rings. The zero-order valence-electron chi connectivity index (χ0n) is 13.7. The van der Waals surface area contributed by atoms with Crippen molar-refractivity contribution in [2.24, 2.45) is 5.92 Å². The van der Waals surface area contributed by atoms with Crippen LogP contribution in [0.5, 0.6) is 0 Å². The highest BCUT2D eigenvalue weighted by Crippen LogP contribution is 2.26. The number of hydrogen-bond acceptors (Lipinski definition) is 5. The number of aromatic nitrogens is 2. The van der Waals surface area contributed by atoms with Crippen LogP contribution in [0.1, 0.15) is 24.1 Å². The van der Waals surface area contributed by atoms with Gasteiger partial charge in [-0.2, -0.15) is 4.31 Å². The van der Waals surface area contributed by atoms with Crippen LogP contribution in [0.3, 0.4) is 0 Å². The van der Waals surface area contributed by atoms with Gasteiger partial charge >= 0.3 is 0 Å². The highest BCUT2D eigenvalue weighted by Gasteiger charge is 2.30. The van der Waals surface area contributed by atoms with Crippen LogP contribution in [0.15, 0.2) is 41.6 Å². The van der Waals surface area contributed by atoms with Crippen molar-refractivity contribution in [3.8, 4) is 0 Å². The first-order valence-electron chi connectivity index (χ1n) is 8.09. The fourth-order valence-corrected chi connectivity index (χ4v) is 4.63. The zero-order chi connectivity index (χ0) is 17.2. The van der Waals surface area contributed by atoms with E-state index >= 15 is 0 Å². The van der Waals surface area contributed by atoms with Gasteiger partial charge in [-0.3, -0.25) is 4.98 Å². The third kappa shape index (κ3) is 3.57. The molecule has 3 rings (SSSR count). The molecular weight excluding hydrogens is 324 g/mol. The van der Waals surface area contributed by atoms with Crippen LogP contribution in [0, 0.1) is 12.8 Å². The minimum Gasteiger partial charge on any atom is -0.382 e. The normalized spacial score (nSPS) is 19.3. The third-order valence-electron chi connectivity index (χ3n) is 4.43. The molecule has 1 aromatic heterocycles. The van der Waals surface area contributed by atoms with Gasteiger partial charge in [0.25, 0.3) is 0 Å². The van der Waals surface area contributed by atoms with Crippen molar-refractivity contribution in [2.45, 2.75) is 31.1 Å². The van der Waals surface area contributed by atoms with Crippen LogP contribution in [-0.4, -0.2) is 35.8 Å². The average molecular weight is 346 g/mol. The fourth-order valence-electron chi connectivity index (χ4n) is 3.08. The first kappa shape index (κ1) is 16.9. The molecule has 1 atom stereocenters.